The molecule has 2 saturated heterocycles. The predicted molar refractivity (Wildman–Crippen MR) is 159 cm³/mol. The summed E-state index contributed by atoms with van der Waals surface area (Å²) in [5.41, 5.74) is 2.45. The zero-order valence-electron chi connectivity index (χ0n) is 25.0. The first kappa shape index (κ1) is 29.3. The maximum absolute atomic E-state index is 14.3. The zero-order chi connectivity index (χ0) is 29.9. The van der Waals surface area contributed by atoms with Gasteiger partial charge in [-0.05, 0) is 45.0 Å². The number of hydrogen-bond acceptors (Lipinski definition) is 9. The van der Waals surface area contributed by atoms with E-state index in [9.17, 15) is 9.18 Å². The van der Waals surface area contributed by atoms with Crippen molar-refractivity contribution in [2.24, 2.45) is 0 Å². The summed E-state index contributed by atoms with van der Waals surface area (Å²) in [5.74, 6) is 1.43. The van der Waals surface area contributed by atoms with E-state index in [1.54, 1.807) is 11.1 Å². The first-order chi connectivity index (χ1) is 20.9. The molecule has 0 bridgehead atoms. The molecule has 1 aromatic carbocycles. The second kappa shape index (κ2) is 12.8. The third-order valence-electron chi connectivity index (χ3n) is 8.55. The molecule has 3 aromatic rings. The molecule has 10 nitrogen and oxygen atoms in total. The van der Waals surface area contributed by atoms with Crippen molar-refractivity contribution < 1.29 is 23.4 Å². The number of nitrogens with zero attached hydrogens (tertiary/aromatic N) is 6. The van der Waals surface area contributed by atoms with Crippen molar-refractivity contribution in [2.75, 3.05) is 50.8 Å². The first-order valence-electron chi connectivity index (χ1n) is 15.2. The van der Waals surface area contributed by atoms with Gasteiger partial charge >= 0.3 is 0 Å². The fourth-order valence-corrected chi connectivity index (χ4v) is 6.34. The summed E-state index contributed by atoms with van der Waals surface area (Å²) in [5, 5.41) is 0. The van der Waals surface area contributed by atoms with Gasteiger partial charge in [-0.2, -0.15) is 0 Å². The summed E-state index contributed by atoms with van der Waals surface area (Å²) in [4.78, 5) is 33.0. The highest BCUT2D eigenvalue weighted by molar-refractivity contribution is 5.97. The van der Waals surface area contributed by atoms with Crippen molar-refractivity contribution in [1.29, 1.82) is 0 Å². The Labute approximate surface area is 251 Å². The molecule has 0 N–H and O–H groups in total. The Morgan fingerprint density at radius 3 is 2.74 bits per heavy atom. The topological polar surface area (TPSA) is 93.2 Å². The van der Waals surface area contributed by atoms with Gasteiger partial charge in [0.05, 0.1) is 36.7 Å². The summed E-state index contributed by atoms with van der Waals surface area (Å²) in [6.07, 6.45) is 7.49. The van der Waals surface area contributed by atoms with E-state index in [1.165, 1.54) is 30.1 Å². The van der Waals surface area contributed by atoms with Crippen LogP contribution in [0.2, 0.25) is 0 Å². The highest BCUT2D eigenvalue weighted by Gasteiger charge is 2.34. The summed E-state index contributed by atoms with van der Waals surface area (Å²) < 4.78 is 33.0. The van der Waals surface area contributed by atoms with Crippen LogP contribution in [0.1, 0.15) is 61.3 Å². The fourth-order valence-electron chi connectivity index (χ4n) is 6.34. The number of morpholine rings is 1. The highest BCUT2D eigenvalue weighted by Crippen LogP contribution is 2.39. The van der Waals surface area contributed by atoms with Crippen LogP contribution in [-0.2, 0) is 11.2 Å². The van der Waals surface area contributed by atoms with E-state index in [1.807, 2.05) is 33.0 Å². The maximum atomic E-state index is 14.3. The summed E-state index contributed by atoms with van der Waals surface area (Å²) >= 11 is 0. The molecule has 2 fully saturated rings. The molecule has 0 saturated carbocycles. The number of carbonyl (C=O) groups excluding carboxylic acids is 1. The molecule has 3 aliphatic rings. The molecule has 5 heterocycles. The van der Waals surface area contributed by atoms with Crippen LogP contribution in [0, 0.1) is 5.82 Å². The van der Waals surface area contributed by atoms with Gasteiger partial charge in [0.2, 0.25) is 0 Å². The van der Waals surface area contributed by atoms with Gasteiger partial charge in [0, 0.05) is 69.8 Å². The molecule has 3 aliphatic heterocycles. The van der Waals surface area contributed by atoms with E-state index in [0.717, 1.165) is 50.4 Å². The second-order valence-electron chi connectivity index (χ2n) is 11.5. The van der Waals surface area contributed by atoms with E-state index in [0.29, 0.717) is 37.8 Å². The van der Waals surface area contributed by atoms with E-state index in [4.69, 9.17) is 14.2 Å². The number of fused-ring (bicyclic) bond motifs is 3. The number of ether oxygens (including phenoxy) is 3. The molecular weight excluding hydrogens is 551 g/mol. The molecule has 1 atom stereocenters. The lowest BCUT2D eigenvalue weighted by atomic mass is 9.95. The van der Waals surface area contributed by atoms with Gasteiger partial charge in [-0.15, -0.1) is 0 Å². The van der Waals surface area contributed by atoms with Crippen molar-refractivity contribution in [1.82, 2.24) is 24.8 Å². The molecule has 6 rings (SSSR count). The summed E-state index contributed by atoms with van der Waals surface area (Å²) in [6.45, 7) is 11.0. The molecule has 1 amide bonds. The minimum absolute atomic E-state index is 0.0414. The molecule has 0 aliphatic carbocycles. The Morgan fingerprint density at radius 1 is 1.12 bits per heavy atom. The number of benzene rings is 1. The standard InChI is InChI=1S/C32H39FN6O4/c1-4-39(21(2)3)32(40)24-17-22(33)5-6-27(24)43-29-18-34-20-36-31(29)38-12-8-23(9-13-38)42-28-7-11-35-25-10-14-37-15-16-41-19-26(37)30(25)28/h5-7,11,17-18,20-21,23,26H,4,8-10,12-16,19H2,1-3H3. The maximum Gasteiger partial charge on any atom is 0.257 e. The van der Waals surface area contributed by atoms with Crippen molar-refractivity contribution in [3.05, 3.63) is 65.6 Å². The van der Waals surface area contributed by atoms with Crippen LogP contribution in [0.3, 0.4) is 0 Å². The Hall–Kier alpha value is -3.83. The number of pyridine rings is 1. The molecule has 1 unspecified atom stereocenters. The third-order valence-corrected chi connectivity index (χ3v) is 8.55. The highest BCUT2D eigenvalue weighted by atomic mass is 19.1. The van der Waals surface area contributed by atoms with Gasteiger partial charge in [0.15, 0.2) is 11.6 Å². The number of carbonyl (C=O) groups is 1. The van der Waals surface area contributed by atoms with Crippen LogP contribution in [0.5, 0.6) is 17.2 Å². The van der Waals surface area contributed by atoms with E-state index in [-0.39, 0.29) is 35.4 Å². The SMILES string of the molecule is CCN(C(=O)c1cc(F)ccc1Oc1cncnc1N1CCC(Oc2ccnc3c2C2COCCN2CC3)CC1)C(C)C. The van der Waals surface area contributed by atoms with Gasteiger partial charge in [-0.1, -0.05) is 0 Å². The van der Waals surface area contributed by atoms with Gasteiger partial charge in [0.25, 0.3) is 5.91 Å². The Balaban J connectivity index is 1.16. The minimum atomic E-state index is -0.499. The van der Waals surface area contributed by atoms with Crippen LogP contribution < -0.4 is 14.4 Å². The molecule has 43 heavy (non-hydrogen) atoms. The monoisotopic (exact) mass is 590 g/mol. The minimum Gasteiger partial charge on any atom is -0.490 e. The van der Waals surface area contributed by atoms with Crippen LogP contribution in [0.25, 0.3) is 0 Å². The second-order valence-corrected chi connectivity index (χ2v) is 11.5. The van der Waals surface area contributed by atoms with Crippen molar-refractivity contribution >= 4 is 11.7 Å². The predicted octanol–water partition coefficient (Wildman–Crippen LogP) is 4.65. The molecule has 0 radical (unpaired) electrons. The quantitative estimate of drug-likeness (QED) is 0.372. The Morgan fingerprint density at radius 2 is 1.95 bits per heavy atom. The van der Waals surface area contributed by atoms with Gasteiger partial charge in [0.1, 0.15) is 29.7 Å². The number of hydrogen-bond donors (Lipinski definition) is 0. The molecule has 0 spiro atoms. The van der Waals surface area contributed by atoms with E-state index < -0.39 is 5.82 Å². The number of anilines is 1. The van der Waals surface area contributed by atoms with Crippen LogP contribution in [0.4, 0.5) is 10.2 Å². The number of amides is 1. The number of piperidine rings is 1. The van der Waals surface area contributed by atoms with Crippen LogP contribution in [0.15, 0.2) is 43.0 Å². The van der Waals surface area contributed by atoms with Crippen molar-refractivity contribution in [3.63, 3.8) is 0 Å². The molecular formula is C32H39FN6O4. The summed E-state index contributed by atoms with van der Waals surface area (Å²) in [6, 6.07) is 6.14. The fraction of sp³-hybridized carbons (Fsp3) is 0.500. The molecule has 2 aromatic heterocycles. The van der Waals surface area contributed by atoms with Crippen molar-refractivity contribution in [3.8, 4) is 17.2 Å². The number of halogens is 1. The van der Waals surface area contributed by atoms with Crippen LogP contribution >= 0.6 is 0 Å². The normalized spacial score (nSPS) is 19.1. The van der Waals surface area contributed by atoms with Gasteiger partial charge < -0.3 is 24.0 Å². The number of rotatable bonds is 8. The lowest BCUT2D eigenvalue weighted by Gasteiger charge is -2.41. The Bertz CT molecular complexity index is 1450. The average Bonchev–Trinajstić information content (AvgIpc) is 3.02. The number of aromatic nitrogens is 3. The lowest BCUT2D eigenvalue weighted by Crippen LogP contribution is -2.44. The first-order valence-corrected chi connectivity index (χ1v) is 15.2. The van der Waals surface area contributed by atoms with Gasteiger partial charge in [-0.3, -0.25) is 14.7 Å². The van der Waals surface area contributed by atoms with Gasteiger partial charge in [-0.25, -0.2) is 14.4 Å². The van der Waals surface area contributed by atoms with E-state index >= 15 is 0 Å². The van der Waals surface area contributed by atoms with Crippen molar-refractivity contribution in [2.45, 2.75) is 58.2 Å². The molecule has 11 heteroatoms. The van der Waals surface area contributed by atoms with Crippen LogP contribution in [-0.4, -0.2) is 88.7 Å². The summed E-state index contributed by atoms with van der Waals surface area (Å²) in [7, 11) is 0. The smallest absolute Gasteiger partial charge is 0.257 e. The lowest BCUT2D eigenvalue weighted by molar-refractivity contribution is -0.0150. The Kier molecular flexibility index (Phi) is 8.71. The average molecular weight is 591 g/mol. The molecule has 228 valence electrons. The van der Waals surface area contributed by atoms with E-state index in [2.05, 4.69) is 24.8 Å². The largest absolute Gasteiger partial charge is 0.490 e. The third kappa shape index (κ3) is 6.14. The zero-order valence-corrected chi connectivity index (χ0v) is 25.0.